The van der Waals surface area contributed by atoms with E-state index in [1.165, 1.54) is 7.11 Å². The number of rotatable bonds is 3. The van der Waals surface area contributed by atoms with Crippen LogP contribution in [0.5, 0.6) is 0 Å². The number of hydrogen-bond acceptors (Lipinski definition) is 5. The number of ether oxygens (including phenoxy) is 2. The van der Waals surface area contributed by atoms with Crippen LogP contribution in [0.15, 0.2) is 29.2 Å². The van der Waals surface area contributed by atoms with Gasteiger partial charge in [0.15, 0.2) is 0 Å². The fourth-order valence-corrected chi connectivity index (χ4v) is 3.84. The van der Waals surface area contributed by atoms with E-state index in [1.54, 1.807) is 31.2 Å². The third-order valence-electron chi connectivity index (χ3n) is 3.42. The largest absolute Gasteiger partial charge is 0.468 e. The number of methoxy groups -OCH3 is 1. The fourth-order valence-electron chi connectivity index (χ4n) is 2.20. The first-order chi connectivity index (χ1) is 9.86. The molecule has 7 heteroatoms. The van der Waals surface area contributed by atoms with Crippen LogP contribution in [0.1, 0.15) is 12.5 Å². The lowest BCUT2D eigenvalue weighted by molar-refractivity contribution is -0.151. The SMILES string of the molecule is COC(=O)[C@@H]1CO[C@H](C)CN1S(=O)(=O)c1ccc(C)cc1. The van der Waals surface area contributed by atoms with E-state index in [-0.39, 0.29) is 24.2 Å². The molecular weight excluding hydrogens is 294 g/mol. The highest BCUT2D eigenvalue weighted by Crippen LogP contribution is 2.23. The van der Waals surface area contributed by atoms with Crippen molar-refractivity contribution in [2.24, 2.45) is 0 Å². The monoisotopic (exact) mass is 313 g/mol. The molecule has 1 aliphatic heterocycles. The van der Waals surface area contributed by atoms with Gasteiger partial charge >= 0.3 is 5.97 Å². The Hall–Kier alpha value is -1.44. The molecule has 2 atom stereocenters. The van der Waals surface area contributed by atoms with Crippen LogP contribution in [0.4, 0.5) is 0 Å². The maximum atomic E-state index is 12.7. The first kappa shape index (κ1) is 15.9. The molecule has 1 aromatic carbocycles. The van der Waals surface area contributed by atoms with E-state index in [4.69, 9.17) is 4.74 Å². The molecule has 1 aromatic rings. The second kappa shape index (κ2) is 6.13. The van der Waals surface area contributed by atoms with Gasteiger partial charge in [0, 0.05) is 6.54 Å². The molecule has 21 heavy (non-hydrogen) atoms. The van der Waals surface area contributed by atoms with Crippen molar-refractivity contribution in [2.45, 2.75) is 30.9 Å². The van der Waals surface area contributed by atoms with Gasteiger partial charge in [0.1, 0.15) is 6.04 Å². The molecule has 0 N–H and O–H groups in total. The van der Waals surface area contributed by atoms with E-state index < -0.39 is 22.0 Å². The van der Waals surface area contributed by atoms with Crippen molar-refractivity contribution in [1.29, 1.82) is 0 Å². The maximum Gasteiger partial charge on any atom is 0.326 e. The summed E-state index contributed by atoms with van der Waals surface area (Å²) in [6, 6.07) is 5.59. The molecule has 0 amide bonds. The van der Waals surface area contributed by atoms with Gasteiger partial charge in [-0.1, -0.05) is 17.7 Å². The Labute approximate surface area is 124 Å². The summed E-state index contributed by atoms with van der Waals surface area (Å²) >= 11 is 0. The van der Waals surface area contributed by atoms with Gasteiger partial charge in [-0.25, -0.2) is 8.42 Å². The molecule has 6 nitrogen and oxygen atoms in total. The standard InChI is InChI=1S/C14H19NO5S/c1-10-4-6-12(7-5-10)21(17,18)15-8-11(2)20-9-13(15)14(16)19-3/h4-7,11,13H,8-9H2,1-3H3/t11-,13+/m1/s1. The summed E-state index contributed by atoms with van der Waals surface area (Å²) in [6.07, 6.45) is -0.272. The van der Waals surface area contributed by atoms with Crippen molar-refractivity contribution in [2.75, 3.05) is 20.3 Å². The number of carbonyl (C=O) groups is 1. The minimum atomic E-state index is -3.76. The van der Waals surface area contributed by atoms with E-state index in [1.807, 2.05) is 6.92 Å². The highest BCUT2D eigenvalue weighted by molar-refractivity contribution is 7.89. The highest BCUT2D eigenvalue weighted by atomic mass is 32.2. The molecule has 0 aromatic heterocycles. The van der Waals surface area contributed by atoms with E-state index in [9.17, 15) is 13.2 Å². The summed E-state index contributed by atoms with van der Waals surface area (Å²) in [6.45, 7) is 3.77. The first-order valence-corrected chi connectivity index (χ1v) is 8.08. The van der Waals surface area contributed by atoms with Crippen LogP contribution in [0.3, 0.4) is 0 Å². The lowest BCUT2D eigenvalue weighted by atomic mass is 10.2. The molecular formula is C14H19NO5S. The minimum absolute atomic E-state index is 0.00106. The van der Waals surface area contributed by atoms with Crippen molar-refractivity contribution in [3.8, 4) is 0 Å². The fraction of sp³-hybridized carbons (Fsp3) is 0.500. The number of benzene rings is 1. The quantitative estimate of drug-likeness (QED) is 0.777. The van der Waals surface area contributed by atoms with Gasteiger partial charge in [-0.05, 0) is 26.0 Å². The van der Waals surface area contributed by atoms with Crippen LogP contribution >= 0.6 is 0 Å². The smallest absolute Gasteiger partial charge is 0.326 e. The summed E-state index contributed by atoms with van der Waals surface area (Å²) in [5, 5.41) is 0. The normalized spacial score (nSPS) is 23.8. The van der Waals surface area contributed by atoms with E-state index in [2.05, 4.69) is 4.74 Å². The van der Waals surface area contributed by atoms with Gasteiger partial charge in [0.05, 0.1) is 24.7 Å². The molecule has 1 heterocycles. The lowest BCUT2D eigenvalue weighted by Crippen LogP contribution is -2.55. The first-order valence-electron chi connectivity index (χ1n) is 6.64. The van der Waals surface area contributed by atoms with Gasteiger partial charge in [0.25, 0.3) is 0 Å². The Kier molecular flexibility index (Phi) is 4.65. The summed E-state index contributed by atoms with van der Waals surface area (Å²) in [7, 11) is -2.53. The van der Waals surface area contributed by atoms with Gasteiger partial charge in [-0.3, -0.25) is 4.79 Å². The highest BCUT2D eigenvalue weighted by Gasteiger charge is 2.41. The third kappa shape index (κ3) is 3.25. The molecule has 2 rings (SSSR count). The molecule has 1 fully saturated rings. The van der Waals surface area contributed by atoms with Crippen LogP contribution in [-0.2, 0) is 24.3 Å². The molecule has 0 radical (unpaired) electrons. The average Bonchev–Trinajstić information content (AvgIpc) is 2.47. The van der Waals surface area contributed by atoms with Crippen LogP contribution in [0.2, 0.25) is 0 Å². The maximum absolute atomic E-state index is 12.7. The van der Waals surface area contributed by atoms with Crippen LogP contribution in [-0.4, -0.2) is 51.1 Å². The summed E-state index contributed by atoms with van der Waals surface area (Å²) in [4.78, 5) is 12.0. The van der Waals surface area contributed by atoms with Gasteiger partial charge < -0.3 is 9.47 Å². The number of aryl methyl sites for hydroxylation is 1. The van der Waals surface area contributed by atoms with Crippen LogP contribution < -0.4 is 0 Å². The van der Waals surface area contributed by atoms with Crippen molar-refractivity contribution < 1.29 is 22.7 Å². The molecule has 0 bridgehead atoms. The van der Waals surface area contributed by atoms with Crippen molar-refractivity contribution >= 4 is 16.0 Å². The van der Waals surface area contributed by atoms with E-state index >= 15 is 0 Å². The Bertz CT molecular complexity index is 611. The van der Waals surface area contributed by atoms with E-state index in [0.29, 0.717) is 0 Å². The number of hydrogen-bond donors (Lipinski definition) is 0. The minimum Gasteiger partial charge on any atom is -0.468 e. The molecule has 116 valence electrons. The average molecular weight is 313 g/mol. The molecule has 0 spiro atoms. The Balaban J connectivity index is 2.38. The van der Waals surface area contributed by atoms with Crippen LogP contribution in [0, 0.1) is 6.92 Å². The molecule has 0 aliphatic carbocycles. The third-order valence-corrected chi connectivity index (χ3v) is 5.31. The number of sulfonamides is 1. The Morgan fingerprint density at radius 3 is 2.52 bits per heavy atom. The zero-order valence-electron chi connectivity index (χ0n) is 12.3. The van der Waals surface area contributed by atoms with E-state index in [0.717, 1.165) is 9.87 Å². The molecule has 1 aliphatic rings. The number of esters is 1. The van der Waals surface area contributed by atoms with Crippen LogP contribution in [0.25, 0.3) is 0 Å². The van der Waals surface area contributed by atoms with Crippen molar-refractivity contribution in [1.82, 2.24) is 4.31 Å². The number of morpholine rings is 1. The Morgan fingerprint density at radius 2 is 1.95 bits per heavy atom. The zero-order chi connectivity index (χ0) is 15.6. The van der Waals surface area contributed by atoms with Gasteiger partial charge in [0.2, 0.25) is 10.0 Å². The van der Waals surface area contributed by atoms with Gasteiger partial charge in [-0.2, -0.15) is 4.31 Å². The second-order valence-corrected chi connectivity index (χ2v) is 6.96. The van der Waals surface area contributed by atoms with Gasteiger partial charge in [-0.15, -0.1) is 0 Å². The zero-order valence-corrected chi connectivity index (χ0v) is 13.1. The van der Waals surface area contributed by atoms with Crippen molar-refractivity contribution in [3.63, 3.8) is 0 Å². The molecule has 1 saturated heterocycles. The molecule has 0 saturated carbocycles. The Morgan fingerprint density at radius 1 is 1.33 bits per heavy atom. The summed E-state index contributed by atoms with van der Waals surface area (Å²) < 4.78 is 36.7. The predicted molar refractivity (Wildman–Crippen MR) is 76.3 cm³/mol. The summed E-state index contributed by atoms with van der Waals surface area (Å²) in [5.74, 6) is -0.613. The number of carbonyl (C=O) groups excluding carboxylic acids is 1. The molecule has 0 unspecified atom stereocenters. The second-order valence-electron chi connectivity index (χ2n) is 5.07. The van der Waals surface area contributed by atoms with Crippen molar-refractivity contribution in [3.05, 3.63) is 29.8 Å². The predicted octanol–water partition coefficient (Wildman–Crippen LogP) is 0.946. The summed E-state index contributed by atoms with van der Waals surface area (Å²) in [5.41, 5.74) is 0.966. The lowest BCUT2D eigenvalue weighted by Gasteiger charge is -2.35. The topological polar surface area (TPSA) is 72.9 Å². The number of nitrogens with zero attached hydrogens (tertiary/aromatic N) is 1.